The van der Waals surface area contributed by atoms with Gasteiger partial charge < -0.3 is 10.6 Å². The van der Waals surface area contributed by atoms with Gasteiger partial charge in [-0.25, -0.2) is 4.90 Å². The van der Waals surface area contributed by atoms with Crippen LogP contribution in [0.25, 0.3) is 0 Å². The van der Waals surface area contributed by atoms with E-state index in [1.54, 1.807) is 30.3 Å². The Morgan fingerprint density at radius 1 is 0.853 bits per heavy atom. The molecule has 1 aliphatic heterocycles. The third kappa shape index (κ3) is 4.71. The highest BCUT2D eigenvalue weighted by Crippen LogP contribution is 2.31. The molecule has 34 heavy (non-hydrogen) atoms. The topological polar surface area (TPSA) is 78.5 Å². The van der Waals surface area contributed by atoms with E-state index in [2.05, 4.69) is 33.2 Å². The van der Waals surface area contributed by atoms with Gasteiger partial charge in [-0.05, 0) is 97.0 Å². The second-order valence-corrected chi connectivity index (χ2v) is 9.66. The molecule has 0 spiro atoms. The summed E-state index contributed by atoms with van der Waals surface area (Å²) in [6, 6.07) is 17.9. The molecule has 0 aromatic heterocycles. The molecular weight excluding hydrogens is 565 g/mol. The molecule has 4 rings (SSSR count). The van der Waals surface area contributed by atoms with Crippen LogP contribution in [0.15, 0.2) is 71.4 Å². The van der Waals surface area contributed by atoms with E-state index in [9.17, 15) is 14.4 Å². The third-order valence-corrected chi connectivity index (χ3v) is 6.54. The van der Waals surface area contributed by atoms with Gasteiger partial charge in [-0.15, -0.1) is 0 Å². The van der Waals surface area contributed by atoms with E-state index in [0.29, 0.717) is 16.9 Å². The van der Waals surface area contributed by atoms with Crippen LogP contribution in [-0.4, -0.2) is 17.7 Å². The minimum atomic E-state index is -0.598. The SMILES string of the molecule is Cc1ccc(N2C(=O)C(Cl)=C(Nc3cc(C(=O)Nc4ccc(I)cc4C)ccc3C)C2=O)cc1. The Morgan fingerprint density at radius 2 is 1.56 bits per heavy atom. The molecule has 3 aromatic carbocycles. The number of anilines is 3. The van der Waals surface area contributed by atoms with Crippen LogP contribution in [0.2, 0.25) is 0 Å². The van der Waals surface area contributed by atoms with Crippen molar-refractivity contribution in [3.63, 3.8) is 0 Å². The molecule has 0 atom stereocenters. The van der Waals surface area contributed by atoms with Crippen LogP contribution in [0.5, 0.6) is 0 Å². The number of carbonyl (C=O) groups excluding carboxylic acids is 3. The van der Waals surface area contributed by atoms with Gasteiger partial charge in [0.1, 0.15) is 10.7 Å². The molecule has 3 aromatic rings. The highest BCUT2D eigenvalue weighted by atomic mass is 127. The fourth-order valence-electron chi connectivity index (χ4n) is 3.53. The van der Waals surface area contributed by atoms with Crippen LogP contribution in [0.3, 0.4) is 0 Å². The van der Waals surface area contributed by atoms with Crippen LogP contribution in [0, 0.1) is 24.3 Å². The molecular formula is C26H21ClIN3O3. The van der Waals surface area contributed by atoms with E-state index < -0.39 is 11.8 Å². The smallest absolute Gasteiger partial charge is 0.283 e. The van der Waals surface area contributed by atoms with Crippen molar-refractivity contribution < 1.29 is 14.4 Å². The van der Waals surface area contributed by atoms with Gasteiger partial charge in [-0.3, -0.25) is 14.4 Å². The minimum Gasteiger partial charge on any atom is -0.349 e. The highest BCUT2D eigenvalue weighted by molar-refractivity contribution is 14.1. The maximum atomic E-state index is 13.1. The molecule has 0 unspecified atom stereocenters. The maximum absolute atomic E-state index is 13.1. The van der Waals surface area contributed by atoms with Gasteiger partial charge >= 0.3 is 0 Å². The summed E-state index contributed by atoms with van der Waals surface area (Å²) in [6.45, 7) is 5.68. The Bertz CT molecular complexity index is 1370. The fourth-order valence-corrected chi connectivity index (χ4v) is 4.39. The largest absolute Gasteiger partial charge is 0.349 e. The summed E-state index contributed by atoms with van der Waals surface area (Å²) in [6.07, 6.45) is 0. The average Bonchev–Trinajstić information content (AvgIpc) is 3.01. The molecule has 0 fully saturated rings. The number of amides is 3. The van der Waals surface area contributed by atoms with Crippen LogP contribution in [0.1, 0.15) is 27.0 Å². The fraction of sp³-hybridized carbons (Fsp3) is 0.115. The van der Waals surface area contributed by atoms with Crippen molar-refractivity contribution in [2.24, 2.45) is 0 Å². The Hall–Kier alpha value is -3.17. The first kappa shape index (κ1) is 24.0. The Morgan fingerprint density at radius 3 is 2.24 bits per heavy atom. The van der Waals surface area contributed by atoms with Gasteiger partial charge in [0.25, 0.3) is 17.7 Å². The highest BCUT2D eigenvalue weighted by Gasteiger charge is 2.39. The molecule has 0 bridgehead atoms. The van der Waals surface area contributed by atoms with Crippen molar-refractivity contribution in [2.45, 2.75) is 20.8 Å². The van der Waals surface area contributed by atoms with Gasteiger partial charge in [0.15, 0.2) is 0 Å². The van der Waals surface area contributed by atoms with Crippen molar-refractivity contribution in [3.05, 3.63) is 97.2 Å². The Kier molecular flexibility index (Phi) is 6.77. The number of hydrogen-bond acceptors (Lipinski definition) is 4. The molecule has 172 valence electrons. The van der Waals surface area contributed by atoms with E-state index in [0.717, 1.165) is 30.8 Å². The predicted octanol–water partition coefficient (Wildman–Crippen LogP) is 5.90. The average molecular weight is 586 g/mol. The summed E-state index contributed by atoms with van der Waals surface area (Å²) < 4.78 is 1.08. The molecule has 1 aliphatic rings. The van der Waals surface area contributed by atoms with Crippen molar-refractivity contribution in [2.75, 3.05) is 15.5 Å². The quantitative estimate of drug-likeness (QED) is 0.289. The number of aryl methyl sites for hydroxylation is 3. The first-order valence-corrected chi connectivity index (χ1v) is 11.9. The van der Waals surface area contributed by atoms with Crippen LogP contribution < -0.4 is 15.5 Å². The molecule has 0 saturated heterocycles. The number of imide groups is 1. The van der Waals surface area contributed by atoms with E-state index in [4.69, 9.17) is 11.6 Å². The monoisotopic (exact) mass is 585 g/mol. The summed E-state index contributed by atoms with van der Waals surface area (Å²) in [5.74, 6) is -1.44. The number of benzene rings is 3. The van der Waals surface area contributed by atoms with Gasteiger partial charge in [-0.1, -0.05) is 35.4 Å². The maximum Gasteiger partial charge on any atom is 0.283 e. The molecule has 1 heterocycles. The number of carbonyl (C=O) groups is 3. The first-order chi connectivity index (χ1) is 16.2. The van der Waals surface area contributed by atoms with Crippen molar-refractivity contribution >= 4 is 69.0 Å². The predicted molar refractivity (Wildman–Crippen MR) is 143 cm³/mol. The summed E-state index contributed by atoms with van der Waals surface area (Å²) >= 11 is 8.49. The molecule has 3 amide bonds. The molecule has 0 saturated carbocycles. The van der Waals surface area contributed by atoms with Crippen molar-refractivity contribution in [1.29, 1.82) is 0 Å². The summed E-state index contributed by atoms with van der Waals surface area (Å²) in [5.41, 5.74) is 4.78. The zero-order chi connectivity index (χ0) is 24.6. The lowest BCUT2D eigenvalue weighted by Crippen LogP contribution is -2.32. The molecule has 6 nitrogen and oxygen atoms in total. The van der Waals surface area contributed by atoms with Gasteiger partial charge in [0, 0.05) is 20.5 Å². The lowest BCUT2D eigenvalue weighted by molar-refractivity contribution is -0.120. The van der Waals surface area contributed by atoms with Gasteiger partial charge in [0.2, 0.25) is 0 Å². The number of nitrogens with one attached hydrogen (secondary N) is 2. The van der Waals surface area contributed by atoms with Crippen LogP contribution in [-0.2, 0) is 9.59 Å². The van der Waals surface area contributed by atoms with E-state index >= 15 is 0 Å². The molecule has 2 N–H and O–H groups in total. The van der Waals surface area contributed by atoms with Crippen molar-refractivity contribution in [1.82, 2.24) is 0 Å². The lowest BCUT2D eigenvalue weighted by Gasteiger charge is -2.16. The second kappa shape index (κ2) is 9.60. The Balaban J connectivity index is 1.58. The van der Waals surface area contributed by atoms with Crippen LogP contribution in [0.4, 0.5) is 17.1 Å². The molecule has 0 aliphatic carbocycles. The number of halogens is 2. The lowest BCUT2D eigenvalue weighted by atomic mass is 10.1. The second-order valence-electron chi connectivity index (χ2n) is 8.04. The van der Waals surface area contributed by atoms with Gasteiger partial charge in [0.05, 0.1) is 5.69 Å². The third-order valence-electron chi connectivity index (χ3n) is 5.52. The number of hydrogen-bond donors (Lipinski definition) is 2. The summed E-state index contributed by atoms with van der Waals surface area (Å²) in [5, 5.41) is 5.70. The summed E-state index contributed by atoms with van der Waals surface area (Å²) in [7, 11) is 0. The van der Waals surface area contributed by atoms with Crippen LogP contribution >= 0.6 is 34.2 Å². The number of rotatable bonds is 5. The Labute approximate surface area is 216 Å². The number of nitrogens with zero attached hydrogens (tertiary/aromatic N) is 1. The first-order valence-electron chi connectivity index (χ1n) is 10.5. The normalized spacial score (nSPS) is 13.5. The summed E-state index contributed by atoms with van der Waals surface area (Å²) in [4.78, 5) is 39.7. The van der Waals surface area contributed by atoms with E-state index in [1.807, 2.05) is 51.1 Å². The molecule has 8 heteroatoms. The van der Waals surface area contributed by atoms with Gasteiger partial charge in [-0.2, -0.15) is 0 Å². The van der Waals surface area contributed by atoms with E-state index in [1.165, 1.54) is 0 Å². The molecule has 0 radical (unpaired) electrons. The van der Waals surface area contributed by atoms with E-state index in [-0.39, 0.29) is 16.6 Å². The zero-order valence-corrected chi connectivity index (χ0v) is 21.6. The minimum absolute atomic E-state index is 0.0265. The zero-order valence-electron chi connectivity index (χ0n) is 18.7. The van der Waals surface area contributed by atoms with Crippen molar-refractivity contribution in [3.8, 4) is 0 Å². The standard InChI is InChI=1S/C26H21ClIN3O3/c1-14-4-9-19(10-5-14)31-25(33)22(27)23(26(31)34)29-21-13-17(7-6-15(21)2)24(32)30-20-11-8-18(28)12-16(20)3/h4-13,29H,1-3H3,(H,30,32).